The van der Waals surface area contributed by atoms with E-state index in [0.29, 0.717) is 13.0 Å². The summed E-state index contributed by atoms with van der Waals surface area (Å²) >= 11 is 0. The topological polar surface area (TPSA) is 52.6 Å². The molecule has 0 aromatic carbocycles. The van der Waals surface area contributed by atoms with Gasteiger partial charge in [0, 0.05) is 6.42 Å². The van der Waals surface area contributed by atoms with Crippen molar-refractivity contribution in [1.82, 2.24) is 0 Å². The number of Topliss-reactive ketones (excluding diaryl/α,β-unsaturated/α-hetero) is 1. The maximum absolute atomic E-state index is 10.6. The van der Waals surface area contributed by atoms with Crippen LogP contribution in [0.3, 0.4) is 0 Å². The Bertz CT molecular complexity index is 134. The highest BCUT2D eigenvalue weighted by atomic mass is 17.2. The summed E-state index contributed by atoms with van der Waals surface area (Å²) in [5.41, 5.74) is 0. The highest BCUT2D eigenvalue weighted by molar-refractivity contribution is 6.33. The summed E-state index contributed by atoms with van der Waals surface area (Å²) in [6, 6.07) is 0. The van der Waals surface area contributed by atoms with Gasteiger partial charge in [0.2, 0.25) is 5.78 Å². The molecule has 4 heteroatoms. The van der Waals surface area contributed by atoms with Crippen molar-refractivity contribution in [2.45, 2.75) is 19.3 Å². The van der Waals surface area contributed by atoms with Crippen LogP contribution in [0.5, 0.6) is 0 Å². The molecule has 0 aliphatic carbocycles. The Balaban J connectivity index is 2.43. The molecule has 1 rings (SSSR count). The van der Waals surface area contributed by atoms with Crippen molar-refractivity contribution in [3.8, 4) is 0 Å². The third-order valence-electron chi connectivity index (χ3n) is 1.24. The molecule has 0 atom stereocenters. The normalized spacial score (nSPS) is 21.2. The highest BCUT2D eigenvalue weighted by Gasteiger charge is 2.17. The van der Waals surface area contributed by atoms with Crippen LogP contribution < -0.4 is 0 Å². The van der Waals surface area contributed by atoms with Crippen LogP contribution in [0.2, 0.25) is 0 Å². The van der Waals surface area contributed by atoms with Gasteiger partial charge in [0.25, 0.3) is 0 Å². The van der Waals surface area contributed by atoms with Crippen molar-refractivity contribution in [1.29, 1.82) is 0 Å². The Hall–Kier alpha value is -0.900. The molecule has 4 nitrogen and oxygen atoms in total. The molecule has 1 saturated heterocycles. The molecule has 1 aliphatic heterocycles. The van der Waals surface area contributed by atoms with Crippen molar-refractivity contribution in [3.63, 3.8) is 0 Å². The number of hydrogen-bond donors (Lipinski definition) is 0. The SMILES string of the molecule is O=C1CCCCOOC1=O. The zero-order chi connectivity index (χ0) is 7.40. The van der Waals surface area contributed by atoms with E-state index in [0.717, 1.165) is 6.42 Å². The van der Waals surface area contributed by atoms with Gasteiger partial charge in [-0.1, -0.05) is 0 Å². The molecule has 0 bridgehead atoms. The van der Waals surface area contributed by atoms with Gasteiger partial charge in [-0.25, -0.2) is 4.79 Å². The van der Waals surface area contributed by atoms with Crippen LogP contribution in [-0.4, -0.2) is 18.4 Å². The fraction of sp³-hybridized carbons (Fsp3) is 0.667. The minimum atomic E-state index is -0.875. The number of rotatable bonds is 0. The van der Waals surface area contributed by atoms with Gasteiger partial charge in [-0.2, -0.15) is 4.89 Å². The molecule has 0 unspecified atom stereocenters. The Kier molecular flexibility index (Phi) is 2.39. The first-order chi connectivity index (χ1) is 4.80. The zero-order valence-corrected chi connectivity index (χ0v) is 5.46. The lowest BCUT2D eigenvalue weighted by Crippen LogP contribution is -2.20. The molecule has 1 heterocycles. The number of carbonyl (C=O) groups is 2. The predicted octanol–water partition coefficient (Wildman–Crippen LogP) is 0.214. The molecule has 0 aromatic rings. The molecule has 1 fully saturated rings. The van der Waals surface area contributed by atoms with Gasteiger partial charge in [0.05, 0.1) is 6.61 Å². The van der Waals surface area contributed by atoms with E-state index in [1.165, 1.54) is 0 Å². The molecular formula is C6H8O4. The average Bonchev–Trinajstić information content (AvgIpc) is 1.92. The minimum Gasteiger partial charge on any atom is -0.289 e. The second-order valence-corrected chi connectivity index (χ2v) is 2.07. The quantitative estimate of drug-likeness (QED) is 0.360. The van der Waals surface area contributed by atoms with Gasteiger partial charge in [0.15, 0.2) is 0 Å². The van der Waals surface area contributed by atoms with Gasteiger partial charge >= 0.3 is 5.97 Å². The van der Waals surface area contributed by atoms with E-state index in [1.54, 1.807) is 0 Å². The molecule has 10 heavy (non-hydrogen) atoms. The average molecular weight is 144 g/mol. The largest absolute Gasteiger partial charge is 0.408 e. The maximum Gasteiger partial charge on any atom is 0.408 e. The minimum absolute atomic E-state index is 0.280. The molecular weight excluding hydrogens is 136 g/mol. The molecule has 56 valence electrons. The van der Waals surface area contributed by atoms with Crippen LogP contribution in [0, 0.1) is 0 Å². The summed E-state index contributed by atoms with van der Waals surface area (Å²) in [6.45, 7) is 0.388. The van der Waals surface area contributed by atoms with Crippen LogP contribution >= 0.6 is 0 Å². The first-order valence-corrected chi connectivity index (χ1v) is 3.17. The van der Waals surface area contributed by atoms with E-state index in [-0.39, 0.29) is 6.42 Å². The third-order valence-corrected chi connectivity index (χ3v) is 1.24. The van der Waals surface area contributed by atoms with Crippen molar-refractivity contribution >= 4 is 11.8 Å². The molecule has 0 spiro atoms. The van der Waals surface area contributed by atoms with Crippen LogP contribution in [0.4, 0.5) is 0 Å². The molecule has 0 N–H and O–H groups in total. The fourth-order valence-corrected chi connectivity index (χ4v) is 0.690. The second kappa shape index (κ2) is 3.31. The van der Waals surface area contributed by atoms with Crippen molar-refractivity contribution in [2.75, 3.05) is 6.61 Å². The van der Waals surface area contributed by atoms with E-state index in [1.807, 2.05) is 0 Å². The van der Waals surface area contributed by atoms with E-state index >= 15 is 0 Å². The third kappa shape index (κ3) is 1.80. The lowest BCUT2D eigenvalue weighted by molar-refractivity contribution is -0.271. The van der Waals surface area contributed by atoms with E-state index in [2.05, 4.69) is 9.78 Å². The van der Waals surface area contributed by atoms with Gasteiger partial charge in [-0.3, -0.25) is 9.68 Å². The summed E-state index contributed by atoms with van der Waals surface area (Å²) in [5, 5.41) is 0. The summed E-state index contributed by atoms with van der Waals surface area (Å²) < 4.78 is 0. The van der Waals surface area contributed by atoms with Crippen LogP contribution in [0.15, 0.2) is 0 Å². The number of hydrogen-bond acceptors (Lipinski definition) is 4. The summed E-state index contributed by atoms with van der Waals surface area (Å²) in [5.74, 6) is -1.38. The lowest BCUT2D eigenvalue weighted by Gasteiger charge is -2.05. The number of ketones is 1. The molecule has 0 saturated carbocycles. The Morgan fingerprint density at radius 3 is 2.80 bits per heavy atom. The predicted molar refractivity (Wildman–Crippen MR) is 30.9 cm³/mol. The molecule has 1 aliphatic rings. The second-order valence-electron chi connectivity index (χ2n) is 2.07. The van der Waals surface area contributed by atoms with Crippen molar-refractivity contribution < 1.29 is 19.4 Å². The number of carbonyl (C=O) groups excluding carboxylic acids is 2. The first kappa shape index (κ1) is 7.21. The van der Waals surface area contributed by atoms with Gasteiger partial charge in [-0.05, 0) is 12.8 Å². The van der Waals surface area contributed by atoms with E-state index in [9.17, 15) is 9.59 Å². The summed E-state index contributed by atoms with van der Waals surface area (Å²) in [6.07, 6.45) is 1.75. The van der Waals surface area contributed by atoms with Gasteiger partial charge in [0.1, 0.15) is 0 Å². The Morgan fingerprint density at radius 2 is 2.00 bits per heavy atom. The molecule has 0 amide bonds. The van der Waals surface area contributed by atoms with Crippen molar-refractivity contribution in [3.05, 3.63) is 0 Å². The fourth-order valence-electron chi connectivity index (χ4n) is 0.690. The maximum atomic E-state index is 10.6. The van der Waals surface area contributed by atoms with Crippen LogP contribution in [-0.2, 0) is 19.4 Å². The lowest BCUT2D eigenvalue weighted by atomic mass is 10.2. The van der Waals surface area contributed by atoms with Crippen LogP contribution in [0.25, 0.3) is 0 Å². The summed E-state index contributed by atoms with van der Waals surface area (Å²) in [7, 11) is 0. The Morgan fingerprint density at radius 1 is 1.20 bits per heavy atom. The van der Waals surface area contributed by atoms with Gasteiger partial charge < -0.3 is 0 Å². The smallest absolute Gasteiger partial charge is 0.289 e. The van der Waals surface area contributed by atoms with Crippen LogP contribution in [0.1, 0.15) is 19.3 Å². The highest BCUT2D eigenvalue weighted by Crippen LogP contribution is 2.02. The summed E-state index contributed by atoms with van der Waals surface area (Å²) in [4.78, 5) is 29.6. The van der Waals surface area contributed by atoms with E-state index < -0.39 is 11.8 Å². The Labute approximate surface area is 58.0 Å². The monoisotopic (exact) mass is 144 g/mol. The van der Waals surface area contributed by atoms with E-state index in [4.69, 9.17) is 0 Å². The first-order valence-electron chi connectivity index (χ1n) is 3.17. The molecule has 0 radical (unpaired) electrons. The standard InChI is InChI=1S/C6H8O4/c7-5-3-1-2-4-9-10-6(5)8/h1-4H2. The zero-order valence-electron chi connectivity index (χ0n) is 5.46. The van der Waals surface area contributed by atoms with Gasteiger partial charge in [-0.15, -0.1) is 0 Å². The molecule has 0 aromatic heterocycles. The van der Waals surface area contributed by atoms with Crippen molar-refractivity contribution in [2.24, 2.45) is 0 Å².